The van der Waals surface area contributed by atoms with E-state index in [-0.39, 0.29) is 17.3 Å². The monoisotopic (exact) mass is 279 g/mol. The molecular weight excluding hydrogens is 258 g/mol. The Morgan fingerprint density at radius 1 is 1.55 bits per heavy atom. The van der Waals surface area contributed by atoms with Gasteiger partial charge >= 0.3 is 5.69 Å². The van der Waals surface area contributed by atoms with Crippen LogP contribution in [-0.2, 0) is 4.74 Å². The highest BCUT2D eigenvalue weighted by molar-refractivity contribution is 5.55. The van der Waals surface area contributed by atoms with Crippen LogP contribution in [0.1, 0.15) is 39.5 Å². The van der Waals surface area contributed by atoms with Crippen LogP contribution in [0.4, 0.5) is 11.5 Å². The van der Waals surface area contributed by atoms with Crippen molar-refractivity contribution < 1.29 is 9.66 Å². The van der Waals surface area contributed by atoms with Gasteiger partial charge in [0.15, 0.2) is 0 Å². The van der Waals surface area contributed by atoms with E-state index in [0.29, 0.717) is 12.4 Å². The molecule has 2 rings (SSSR count). The van der Waals surface area contributed by atoms with Crippen LogP contribution in [0.15, 0.2) is 18.3 Å². The first-order valence-electron chi connectivity index (χ1n) is 7.10. The van der Waals surface area contributed by atoms with E-state index in [4.69, 9.17) is 4.74 Å². The summed E-state index contributed by atoms with van der Waals surface area (Å²) in [6, 6.07) is 3.22. The highest BCUT2D eigenvalue weighted by Gasteiger charge is 2.35. The number of hydrogen-bond acceptors (Lipinski definition) is 5. The molecular formula is C14H21N3O3. The third-order valence-corrected chi connectivity index (χ3v) is 4.11. The van der Waals surface area contributed by atoms with Crippen LogP contribution in [0.2, 0.25) is 0 Å². The lowest BCUT2D eigenvalue weighted by atomic mass is 9.86. The molecule has 0 amide bonds. The molecule has 0 radical (unpaired) electrons. The Kier molecular flexibility index (Phi) is 4.54. The second-order valence-electron chi connectivity index (χ2n) is 5.20. The minimum absolute atomic E-state index is 0.0255. The molecule has 0 bridgehead atoms. The number of hydrogen-bond donors (Lipinski definition) is 1. The van der Waals surface area contributed by atoms with Gasteiger partial charge in [0, 0.05) is 24.9 Å². The van der Waals surface area contributed by atoms with E-state index in [2.05, 4.69) is 24.1 Å². The Balaban J connectivity index is 2.12. The van der Waals surface area contributed by atoms with Crippen LogP contribution in [0, 0.1) is 10.1 Å². The maximum absolute atomic E-state index is 11.0. The molecule has 1 aliphatic rings. The molecule has 0 spiro atoms. The Bertz CT molecular complexity index is 474. The van der Waals surface area contributed by atoms with Crippen molar-refractivity contribution in [2.75, 3.05) is 11.9 Å². The van der Waals surface area contributed by atoms with Gasteiger partial charge in [-0.25, -0.2) is 4.98 Å². The molecule has 2 heterocycles. The molecule has 6 heteroatoms. The zero-order chi connectivity index (χ0) is 14.6. The van der Waals surface area contributed by atoms with Crippen molar-refractivity contribution in [3.63, 3.8) is 0 Å². The molecule has 1 unspecified atom stereocenters. The maximum Gasteiger partial charge on any atom is 0.311 e. The molecule has 1 atom stereocenters. The molecule has 1 aromatic rings. The van der Waals surface area contributed by atoms with Crippen molar-refractivity contribution in [2.45, 2.75) is 51.2 Å². The molecule has 0 aliphatic carbocycles. The number of pyridine rings is 1. The summed E-state index contributed by atoms with van der Waals surface area (Å²) >= 11 is 0. The van der Waals surface area contributed by atoms with Crippen LogP contribution in [0.3, 0.4) is 0 Å². The Hall–Kier alpha value is -1.69. The molecule has 1 saturated heterocycles. The zero-order valence-corrected chi connectivity index (χ0v) is 12.0. The average molecular weight is 279 g/mol. The molecule has 1 aromatic heterocycles. The molecule has 1 aliphatic heterocycles. The van der Waals surface area contributed by atoms with Gasteiger partial charge in [-0.2, -0.15) is 0 Å². The van der Waals surface area contributed by atoms with Gasteiger partial charge in [0.2, 0.25) is 5.82 Å². The minimum Gasteiger partial charge on any atom is -0.375 e. The van der Waals surface area contributed by atoms with E-state index in [1.165, 1.54) is 6.07 Å². The fourth-order valence-electron chi connectivity index (χ4n) is 2.74. The van der Waals surface area contributed by atoms with E-state index in [1.807, 2.05) is 0 Å². The van der Waals surface area contributed by atoms with Gasteiger partial charge < -0.3 is 10.1 Å². The van der Waals surface area contributed by atoms with Crippen LogP contribution in [0.5, 0.6) is 0 Å². The highest BCUT2D eigenvalue weighted by Crippen LogP contribution is 2.33. The van der Waals surface area contributed by atoms with E-state index < -0.39 is 4.92 Å². The summed E-state index contributed by atoms with van der Waals surface area (Å²) in [4.78, 5) is 14.7. The lowest BCUT2D eigenvalue weighted by Crippen LogP contribution is -2.43. The SMILES string of the molecule is CCC1(CC)CC(Nc2ncccc2[N+](=O)[O-])CCO1. The molecule has 1 N–H and O–H groups in total. The van der Waals surface area contributed by atoms with E-state index in [1.54, 1.807) is 12.3 Å². The van der Waals surface area contributed by atoms with Gasteiger partial charge in [0.25, 0.3) is 0 Å². The Morgan fingerprint density at radius 2 is 2.30 bits per heavy atom. The fourth-order valence-corrected chi connectivity index (χ4v) is 2.74. The second-order valence-corrected chi connectivity index (χ2v) is 5.20. The molecule has 6 nitrogen and oxygen atoms in total. The summed E-state index contributed by atoms with van der Waals surface area (Å²) in [5, 5.41) is 14.2. The number of nitrogens with zero attached hydrogens (tertiary/aromatic N) is 2. The van der Waals surface area contributed by atoms with Crippen LogP contribution < -0.4 is 5.32 Å². The first-order valence-corrected chi connectivity index (χ1v) is 7.10. The predicted molar refractivity (Wildman–Crippen MR) is 76.8 cm³/mol. The molecule has 0 aromatic carbocycles. The van der Waals surface area contributed by atoms with E-state index >= 15 is 0 Å². The van der Waals surface area contributed by atoms with Crippen molar-refractivity contribution in [1.82, 2.24) is 4.98 Å². The topological polar surface area (TPSA) is 77.3 Å². The number of anilines is 1. The minimum atomic E-state index is -0.401. The number of aromatic nitrogens is 1. The van der Waals surface area contributed by atoms with Gasteiger partial charge in [0.1, 0.15) is 0 Å². The third kappa shape index (κ3) is 3.07. The van der Waals surface area contributed by atoms with Crippen molar-refractivity contribution in [2.24, 2.45) is 0 Å². The quantitative estimate of drug-likeness (QED) is 0.661. The fraction of sp³-hybridized carbons (Fsp3) is 0.643. The normalized spacial score (nSPS) is 21.4. The zero-order valence-electron chi connectivity index (χ0n) is 12.0. The first-order chi connectivity index (χ1) is 9.60. The van der Waals surface area contributed by atoms with Crippen molar-refractivity contribution >= 4 is 11.5 Å². The van der Waals surface area contributed by atoms with Crippen molar-refractivity contribution in [3.05, 3.63) is 28.4 Å². The maximum atomic E-state index is 11.0. The standard InChI is InChI=1S/C14H21N3O3/c1-3-14(4-2)10-11(7-9-20-14)16-13-12(17(18)19)6-5-8-15-13/h5-6,8,11H,3-4,7,9-10H2,1-2H3,(H,15,16). The summed E-state index contributed by atoms with van der Waals surface area (Å²) in [6.45, 7) is 4.92. The summed E-state index contributed by atoms with van der Waals surface area (Å²) in [7, 11) is 0. The Morgan fingerprint density at radius 3 is 2.95 bits per heavy atom. The number of nitrogens with one attached hydrogen (secondary N) is 1. The summed E-state index contributed by atoms with van der Waals surface area (Å²) < 4.78 is 5.92. The Labute approximate surface area is 118 Å². The van der Waals surface area contributed by atoms with Crippen LogP contribution in [-0.4, -0.2) is 28.2 Å². The van der Waals surface area contributed by atoms with Gasteiger partial charge in [-0.1, -0.05) is 13.8 Å². The van der Waals surface area contributed by atoms with E-state index in [9.17, 15) is 10.1 Å². The van der Waals surface area contributed by atoms with Gasteiger partial charge in [-0.3, -0.25) is 10.1 Å². The summed E-state index contributed by atoms with van der Waals surface area (Å²) in [5.41, 5.74) is -0.0861. The molecule has 0 saturated carbocycles. The number of nitro groups is 1. The predicted octanol–water partition coefficient (Wildman–Crippen LogP) is 3.14. The van der Waals surface area contributed by atoms with Gasteiger partial charge in [0.05, 0.1) is 10.5 Å². The largest absolute Gasteiger partial charge is 0.375 e. The number of ether oxygens (including phenoxy) is 1. The molecule has 1 fully saturated rings. The van der Waals surface area contributed by atoms with Crippen LogP contribution >= 0.6 is 0 Å². The first kappa shape index (κ1) is 14.7. The smallest absolute Gasteiger partial charge is 0.311 e. The average Bonchev–Trinajstić information content (AvgIpc) is 2.47. The lowest BCUT2D eigenvalue weighted by Gasteiger charge is -2.40. The summed E-state index contributed by atoms with van der Waals surface area (Å²) in [5.74, 6) is 0.352. The highest BCUT2D eigenvalue weighted by atomic mass is 16.6. The van der Waals surface area contributed by atoms with Crippen molar-refractivity contribution in [3.8, 4) is 0 Å². The second kappa shape index (κ2) is 6.17. The van der Waals surface area contributed by atoms with Crippen LogP contribution in [0.25, 0.3) is 0 Å². The van der Waals surface area contributed by atoms with Gasteiger partial charge in [-0.05, 0) is 31.7 Å². The summed E-state index contributed by atoms with van der Waals surface area (Å²) in [6.07, 6.45) is 5.17. The lowest BCUT2D eigenvalue weighted by molar-refractivity contribution is -0.384. The van der Waals surface area contributed by atoms with Crippen molar-refractivity contribution in [1.29, 1.82) is 0 Å². The third-order valence-electron chi connectivity index (χ3n) is 4.11. The number of rotatable bonds is 5. The van der Waals surface area contributed by atoms with Gasteiger partial charge in [-0.15, -0.1) is 0 Å². The molecule has 20 heavy (non-hydrogen) atoms. The van der Waals surface area contributed by atoms with E-state index in [0.717, 1.165) is 25.7 Å². The molecule has 110 valence electrons.